The molecular weight excluding hydrogens is 492 g/mol. The van der Waals surface area contributed by atoms with E-state index in [4.69, 9.17) is 24.0 Å². The number of nitrogens with zero attached hydrogens (tertiary/aromatic N) is 4. The van der Waals surface area contributed by atoms with Crippen molar-refractivity contribution < 1.29 is 23.7 Å². The van der Waals surface area contributed by atoms with Gasteiger partial charge in [0.15, 0.2) is 11.5 Å². The molecule has 2 aromatic heterocycles. The molecule has 3 aromatic carbocycles. The Hall–Kier alpha value is -4.44. The molecule has 5 rings (SSSR count). The van der Waals surface area contributed by atoms with Crippen LogP contribution in [0.4, 0.5) is 0 Å². The van der Waals surface area contributed by atoms with Crippen molar-refractivity contribution in [3.63, 3.8) is 0 Å². The third-order valence-corrected chi connectivity index (χ3v) is 6.52. The number of hydrogen-bond acceptors (Lipinski definition) is 9. The van der Waals surface area contributed by atoms with E-state index in [-0.39, 0.29) is 0 Å². The minimum Gasteiger partial charge on any atom is -0.493 e. The maximum absolute atomic E-state index is 11.6. The van der Waals surface area contributed by atoms with Gasteiger partial charge in [-0.05, 0) is 35.4 Å². The molecule has 37 heavy (non-hydrogen) atoms. The average molecular weight is 517 g/mol. The van der Waals surface area contributed by atoms with Gasteiger partial charge >= 0.3 is 0 Å². The first-order chi connectivity index (χ1) is 18.1. The first-order valence-electron chi connectivity index (χ1n) is 11.4. The first kappa shape index (κ1) is 24.3. The minimum atomic E-state index is 0.300. The van der Waals surface area contributed by atoms with Gasteiger partial charge in [-0.3, -0.25) is 4.79 Å². The van der Waals surface area contributed by atoms with E-state index >= 15 is 0 Å². The fourth-order valence-electron chi connectivity index (χ4n) is 4.30. The molecule has 2 heterocycles. The lowest BCUT2D eigenvalue weighted by Crippen LogP contribution is -2.07. The molecule has 0 bridgehead atoms. The molecule has 0 saturated heterocycles. The summed E-state index contributed by atoms with van der Waals surface area (Å²) in [7, 11) is 4.69. The number of methoxy groups -OCH3 is 3. The Morgan fingerprint density at radius 3 is 2.27 bits per heavy atom. The van der Waals surface area contributed by atoms with E-state index in [0.29, 0.717) is 42.6 Å². The molecule has 0 atom stereocenters. The molecule has 0 spiro atoms. The van der Waals surface area contributed by atoms with Crippen LogP contribution in [0.25, 0.3) is 22.3 Å². The van der Waals surface area contributed by atoms with Gasteiger partial charge in [0.25, 0.3) is 6.47 Å². The second-order valence-corrected chi connectivity index (χ2v) is 8.70. The number of ether oxygens (including phenoxy) is 4. The van der Waals surface area contributed by atoms with Crippen LogP contribution < -0.4 is 18.9 Å². The van der Waals surface area contributed by atoms with E-state index in [1.807, 2.05) is 60.7 Å². The van der Waals surface area contributed by atoms with Crippen LogP contribution in [0.2, 0.25) is 0 Å². The summed E-state index contributed by atoms with van der Waals surface area (Å²) >= 11 is 1.18. The Labute approximate surface area is 217 Å². The summed E-state index contributed by atoms with van der Waals surface area (Å²) in [4.78, 5) is 11.6. The van der Waals surface area contributed by atoms with Crippen molar-refractivity contribution in [2.75, 3.05) is 21.3 Å². The number of rotatable bonds is 10. The highest BCUT2D eigenvalue weighted by Gasteiger charge is 2.23. The predicted molar refractivity (Wildman–Crippen MR) is 140 cm³/mol. The maximum Gasteiger partial charge on any atom is 0.299 e. The summed E-state index contributed by atoms with van der Waals surface area (Å²) in [6.07, 6.45) is 0.482. The zero-order chi connectivity index (χ0) is 25.8. The third-order valence-electron chi connectivity index (χ3n) is 5.96. The largest absolute Gasteiger partial charge is 0.493 e. The van der Waals surface area contributed by atoms with Gasteiger partial charge in [0.1, 0.15) is 11.0 Å². The number of hydrogen-bond donors (Lipinski definition) is 0. The van der Waals surface area contributed by atoms with Crippen molar-refractivity contribution in [3.05, 3.63) is 77.4 Å². The topological polar surface area (TPSA) is 97.6 Å². The fraction of sp³-hybridized carbons (Fsp3) is 0.185. The highest BCUT2D eigenvalue weighted by Crippen LogP contribution is 2.39. The molecule has 0 aliphatic rings. The maximum atomic E-state index is 11.6. The van der Waals surface area contributed by atoms with E-state index in [2.05, 4.69) is 8.75 Å². The molecule has 9 nitrogen and oxygen atoms in total. The Bertz CT molecular complexity index is 1520. The quantitative estimate of drug-likeness (QED) is 0.245. The van der Waals surface area contributed by atoms with Gasteiger partial charge in [-0.2, -0.15) is 13.8 Å². The molecule has 5 aromatic rings. The van der Waals surface area contributed by atoms with Crippen molar-refractivity contribution >= 4 is 29.2 Å². The lowest BCUT2D eigenvalue weighted by atomic mass is 10.0. The first-order valence-corrected chi connectivity index (χ1v) is 12.1. The fourth-order valence-corrected chi connectivity index (χ4v) is 4.81. The normalized spacial score (nSPS) is 10.9. The molecular formula is C27H24N4O5S. The summed E-state index contributed by atoms with van der Waals surface area (Å²) in [6.45, 7) is 0.725. The number of aromatic nitrogens is 4. The van der Waals surface area contributed by atoms with Crippen LogP contribution >= 0.6 is 11.7 Å². The molecule has 188 valence electrons. The van der Waals surface area contributed by atoms with Gasteiger partial charge in [0.2, 0.25) is 11.6 Å². The smallest absolute Gasteiger partial charge is 0.299 e. The van der Waals surface area contributed by atoms with Crippen LogP contribution in [0.3, 0.4) is 0 Å². The van der Waals surface area contributed by atoms with Gasteiger partial charge in [-0.15, -0.1) is 0 Å². The molecule has 0 aliphatic carbocycles. The van der Waals surface area contributed by atoms with Crippen LogP contribution in [0.5, 0.6) is 23.1 Å². The highest BCUT2D eigenvalue weighted by molar-refractivity contribution is 7.00. The van der Waals surface area contributed by atoms with E-state index < -0.39 is 0 Å². The van der Waals surface area contributed by atoms with Gasteiger partial charge < -0.3 is 18.9 Å². The summed E-state index contributed by atoms with van der Waals surface area (Å²) in [5.41, 5.74) is 5.92. The summed E-state index contributed by atoms with van der Waals surface area (Å²) in [5, 5.41) is 4.89. The van der Waals surface area contributed by atoms with Crippen LogP contribution in [0, 0.1) is 0 Å². The molecule has 0 fully saturated rings. The van der Waals surface area contributed by atoms with E-state index in [9.17, 15) is 4.79 Å². The van der Waals surface area contributed by atoms with Crippen LogP contribution in [0.1, 0.15) is 16.7 Å². The van der Waals surface area contributed by atoms with E-state index in [0.717, 1.165) is 39.0 Å². The SMILES string of the molecule is COc1cc(Cn2nc(-c3ccccc3)c(Cc3ccc4nsnc4c3)c2OC=O)cc(OC)c1OC. The number of benzene rings is 3. The molecule has 0 N–H and O–H groups in total. The lowest BCUT2D eigenvalue weighted by Gasteiger charge is -2.14. The highest BCUT2D eigenvalue weighted by atomic mass is 32.1. The molecule has 0 unspecified atom stereocenters. The van der Waals surface area contributed by atoms with Crippen LogP contribution in [0.15, 0.2) is 60.7 Å². The molecule has 0 amide bonds. The van der Waals surface area contributed by atoms with Crippen LogP contribution in [-0.2, 0) is 17.8 Å². The summed E-state index contributed by atoms with van der Waals surface area (Å²) < 4.78 is 32.3. The van der Waals surface area contributed by atoms with Gasteiger partial charge in [0, 0.05) is 17.5 Å². The molecule has 0 aliphatic heterocycles. The molecule has 10 heteroatoms. The Balaban J connectivity index is 1.62. The summed E-state index contributed by atoms with van der Waals surface area (Å²) in [5.74, 6) is 1.90. The number of carbonyl (C=O) groups is 1. The molecule has 0 radical (unpaired) electrons. The number of carbonyl (C=O) groups excluding carboxylic acids is 1. The van der Waals surface area contributed by atoms with Crippen LogP contribution in [-0.4, -0.2) is 46.3 Å². The minimum absolute atomic E-state index is 0.300. The average Bonchev–Trinajstić information content (AvgIpc) is 3.53. The predicted octanol–water partition coefficient (Wildman–Crippen LogP) is 4.75. The zero-order valence-corrected chi connectivity index (χ0v) is 21.3. The van der Waals surface area contributed by atoms with E-state index in [1.54, 1.807) is 26.0 Å². The third kappa shape index (κ3) is 4.83. The monoisotopic (exact) mass is 516 g/mol. The van der Waals surface area contributed by atoms with Crippen molar-refractivity contribution in [2.45, 2.75) is 13.0 Å². The van der Waals surface area contributed by atoms with Gasteiger partial charge in [-0.25, -0.2) is 4.68 Å². The lowest BCUT2D eigenvalue weighted by molar-refractivity contribution is -0.121. The number of fused-ring (bicyclic) bond motifs is 1. The van der Waals surface area contributed by atoms with Gasteiger partial charge in [0.05, 0.1) is 45.3 Å². The Morgan fingerprint density at radius 1 is 0.865 bits per heavy atom. The van der Waals surface area contributed by atoms with Crippen molar-refractivity contribution in [3.8, 4) is 34.4 Å². The van der Waals surface area contributed by atoms with Crippen molar-refractivity contribution in [1.29, 1.82) is 0 Å². The Morgan fingerprint density at radius 2 is 1.59 bits per heavy atom. The van der Waals surface area contributed by atoms with Gasteiger partial charge in [-0.1, -0.05) is 36.4 Å². The Kier molecular flexibility index (Phi) is 7.00. The van der Waals surface area contributed by atoms with E-state index in [1.165, 1.54) is 11.7 Å². The van der Waals surface area contributed by atoms with Crippen molar-refractivity contribution in [2.24, 2.45) is 0 Å². The van der Waals surface area contributed by atoms with Crippen molar-refractivity contribution in [1.82, 2.24) is 18.5 Å². The summed E-state index contributed by atoms with van der Waals surface area (Å²) in [6, 6.07) is 19.4. The standard InChI is InChI=1S/C27H24N4O5S/c1-33-23-13-18(14-24(34-2)26(23)35-3)15-31-27(36-16-32)20(25(28-31)19-7-5-4-6-8-19)11-17-9-10-21-22(12-17)30-37-29-21/h4-10,12-14,16H,11,15H2,1-3H3. The molecule has 0 saturated carbocycles. The zero-order valence-electron chi connectivity index (χ0n) is 20.5. The second kappa shape index (κ2) is 10.7. The second-order valence-electron chi connectivity index (χ2n) is 8.17.